The Morgan fingerprint density at radius 2 is 1.47 bits per heavy atom. The molecule has 0 amide bonds. The van der Waals surface area contributed by atoms with Crippen LogP contribution in [0.2, 0.25) is 0 Å². The average molecular weight is 452 g/mol. The fourth-order valence-corrected chi connectivity index (χ4v) is 4.11. The van der Waals surface area contributed by atoms with Gasteiger partial charge in [0.25, 0.3) is 0 Å². The molecule has 30 heavy (non-hydrogen) atoms. The van der Waals surface area contributed by atoms with E-state index < -0.39 is 63.5 Å². The van der Waals surface area contributed by atoms with Crippen molar-refractivity contribution in [1.82, 2.24) is 0 Å². The number of allylic oxidation sites excluding steroid dienone is 1. The van der Waals surface area contributed by atoms with Gasteiger partial charge in [-0.3, -0.25) is 28.0 Å². The molecule has 0 aromatic heterocycles. The molecule has 1 unspecified atom stereocenters. The van der Waals surface area contributed by atoms with Crippen molar-refractivity contribution in [1.29, 1.82) is 0 Å². The van der Waals surface area contributed by atoms with Gasteiger partial charge in [0, 0.05) is 27.2 Å². The second-order valence-electron chi connectivity index (χ2n) is 6.68. The Hall–Kier alpha value is -1.94. The highest BCUT2D eigenvalue weighted by atomic mass is 31.2. The van der Waals surface area contributed by atoms with Crippen LogP contribution in [0.3, 0.4) is 0 Å². The SMILES string of the molecule is C=C(C)OCOP(=O)(C[C@H]1O[C@@H](C)[C@@H](OC(C)=O)C[C@@H]1OC(C)=O)OCOC(C)=O. The van der Waals surface area contributed by atoms with E-state index in [1.807, 2.05) is 0 Å². The van der Waals surface area contributed by atoms with E-state index in [0.29, 0.717) is 5.76 Å². The summed E-state index contributed by atoms with van der Waals surface area (Å²) in [4.78, 5) is 33.8. The van der Waals surface area contributed by atoms with Crippen molar-refractivity contribution in [3.8, 4) is 0 Å². The zero-order valence-corrected chi connectivity index (χ0v) is 18.7. The van der Waals surface area contributed by atoms with E-state index in [1.165, 1.54) is 13.8 Å². The van der Waals surface area contributed by atoms with Gasteiger partial charge in [-0.15, -0.1) is 0 Å². The summed E-state index contributed by atoms with van der Waals surface area (Å²) in [6, 6.07) is 0. The van der Waals surface area contributed by atoms with Gasteiger partial charge in [-0.05, 0) is 13.8 Å². The number of hydrogen-bond donors (Lipinski definition) is 0. The molecule has 0 aliphatic carbocycles. The molecule has 1 fully saturated rings. The quantitative estimate of drug-likeness (QED) is 0.150. The molecule has 12 heteroatoms. The van der Waals surface area contributed by atoms with Crippen LogP contribution in [-0.2, 0) is 51.7 Å². The molecule has 1 rings (SSSR count). The van der Waals surface area contributed by atoms with Crippen molar-refractivity contribution in [3.05, 3.63) is 12.3 Å². The average Bonchev–Trinajstić information content (AvgIpc) is 2.57. The van der Waals surface area contributed by atoms with E-state index in [0.717, 1.165) is 6.92 Å². The first-order valence-corrected chi connectivity index (χ1v) is 10.9. The number of carbonyl (C=O) groups is 3. The monoisotopic (exact) mass is 452 g/mol. The van der Waals surface area contributed by atoms with Crippen LogP contribution in [0.15, 0.2) is 12.3 Å². The molecular weight excluding hydrogens is 423 g/mol. The van der Waals surface area contributed by atoms with Crippen molar-refractivity contribution in [3.63, 3.8) is 0 Å². The normalized spacial score (nSPS) is 25.5. The molecule has 1 saturated heterocycles. The third-order valence-electron chi connectivity index (χ3n) is 3.90. The molecule has 1 aliphatic heterocycles. The maximum atomic E-state index is 13.2. The summed E-state index contributed by atoms with van der Waals surface area (Å²) in [6.07, 6.45) is -3.19. The lowest BCUT2D eigenvalue weighted by Crippen LogP contribution is -2.50. The summed E-state index contributed by atoms with van der Waals surface area (Å²) >= 11 is 0. The highest BCUT2D eigenvalue weighted by Gasteiger charge is 2.44. The number of rotatable bonds is 11. The van der Waals surface area contributed by atoms with E-state index >= 15 is 0 Å². The Labute approximate surface area is 175 Å². The summed E-state index contributed by atoms with van der Waals surface area (Å²) < 4.78 is 49.7. The largest absolute Gasteiger partial charge is 0.472 e. The minimum absolute atomic E-state index is 0.136. The zero-order valence-electron chi connectivity index (χ0n) is 17.8. The molecule has 0 N–H and O–H groups in total. The highest BCUT2D eigenvalue weighted by Crippen LogP contribution is 2.50. The van der Waals surface area contributed by atoms with Gasteiger partial charge in [-0.2, -0.15) is 0 Å². The van der Waals surface area contributed by atoms with Crippen molar-refractivity contribution in [2.75, 3.05) is 19.7 Å². The third-order valence-corrected chi connectivity index (χ3v) is 5.70. The lowest BCUT2D eigenvalue weighted by atomic mass is 9.99. The molecule has 0 bridgehead atoms. The van der Waals surface area contributed by atoms with E-state index in [2.05, 4.69) is 11.3 Å². The van der Waals surface area contributed by atoms with Gasteiger partial charge in [0.15, 0.2) is 6.79 Å². The van der Waals surface area contributed by atoms with Crippen molar-refractivity contribution < 1.29 is 51.7 Å². The second-order valence-corrected chi connectivity index (χ2v) is 8.78. The minimum Gasteiger partial charge on any atom is -0.472 e. The van der Waals surface area contributed by atoms with Crippen LogP contribution in [-0.4, -0.2) is 62.1 Å². The van der Waals surface area contributed by atoms with Gasteiger partial charge in [-0.1, -0.05) is 6.58 Å². The number of carbonyl (C=O) groups excluding carboxylic acids is 3. The van der Waals surface area contributed by atoms with Gasteiger partial charge < -0.3 is 23.7 Å². The zero-order chi connectivity index (χ0) is 22.9. The Kier molecular flexibility index (Phi) is 10.5. The maximum Gasteiger partial charge on any atom is 0.339 e. The van der Waals surface area contributed by atoms with Gasteiger partial charge >= 0.3 is 25.5 Å². The Bertz CT molecular complexity index is 653. The molecule has 1 aliphatic rings. The van der Waals surface area contributed by atoms with Crippen LogP contribution >= 0.6 is 7.60 Å². The lowest BCUT2D eigenvalue weighted by Gasteiger charge is -2.39. The summed E-state index contributed by atoms with van der Waals surface area (Å²) in [5.74, 6) is -1.41. The van der Waals surface area contributed by atoms with Crippen molar-refractivity contribution in [2.24, 2.45) is 0 Å². The summed E-state index contributed by atoms with van der Waals surface area (Å²) in [5, 5.41) is 0. The molecule has 172 valence electrons. The van der Waals surface area contributed by atoms with Crippen LogP contribution < -0.4 is 0 Å². The standard InChI is InChI=1S/C18H29O11P/c1-11(2)23-9-25-30(22,26-10-24-13(4)19)8-18-17(29-15(6)21)7-16(12(3)27-18)28-14(5)20/h12,16-18H,1,7-10H2,2-6H3/t12-,16-,17-,18+,30?/m0/s1. The Balaban J connectivity index is 2.95. The van der Waals surface area contributed by atoms with Gasteiger partial charge in [0.1, 0.15) is 18.3 Å². The number of hydrogen-bond acceptors (Lipinski definition) is 11. The van der Waals surface area contributed by atoms with Gasteiger partial charge in [-0.25, -0.2) is 0 Å². The third kappa shape index (κ3) is 9.71. The molecule has 11 nitrogen and oxygen atoms in total. The predicted molar refractivity (Wildman–Crippen MR) is 102 cm³/mol. The van der Waals surface area contributed by atoms with Gasteiger partial charge in [0.2, 0.25) is 6.79 Å². The Morgan fingerprint density at radius 3 is 1.97 bits per heavy atom. The topological polar surface area (TPSA) is 133 Å². The smallest absolute Gasteiger partial charge is 0.339 e. The first kappa shape index (κ1) is 26.1. The first-order valence-electron chi connectivity index (χ1n) is 9.21. The fourth-order valence-electron chi connectivity index (χ4n) is 2.64. The van der Waals surface area contributed by atoms with Crippen molar-refractivity contribution >= 4 is 25.5 Å². The van der Waals surface area contributed by atoms with Crippen LogP contribution in [0.25, 0.3) is 0 Å². The number of esters is 3. The van der Waals surface area contributed by atoms with Crippen molar-refractivity contribution in [2.45, 2.75) is 65.5 Å². The highest BCUT2D eigenvalue weighted by molar-refractivity contribution is 7.53. The summed E-state index contributed by atoms with van der Waals surface area (Å²) in [6.45, 7) is 9.37. The first-order chi connectivity index (χ1) is 13.9. The molecule has 0 saturated carbocycles. The van der Waals surface area contributed by atoms with Crippen LogP contribution in [0, 0.1) is 0 Å². The second kappa shape index (κ2) is 12.0. The van der Waals surface area contributed by atoms with Crippen LogP contribution in [0.1, 0.15) is 41.0 Å². The lowest BCUT2D eigenvalue weighted by molar-refractivity contribution is -0.196. The predicted octanol–water partition coefficient (Wildman–Crippen LogP) is 2.28. The molecule has 5 atom stereocenters. The molecule has 0 aromatic carbocycles. The summed E-state index contributed by atoms with van der Waals surface area (Å²) in [5.41, 5.74) is 0. The van der Waals surface area contributed by atoms with E-state index in [9.17, 15) is 18.9 Å². The van der Waals surface area contributed by atoms with Gasteiger partial charge in [0.05, 0.1) is 18.0 Å². The van der Waals surface area contributed by atoms with E-state index in [1.54, 1.807) is 13.8 Å². The molecule has 0 spiro atoms. The molecule has 1 heterocycles. The summed E-state index contributed by atoms with van der Waals surface area (Å²) in [7, 11) is -3.92. The van der Waals surface area contributed by atoms with Crippen LogP contribution in [0.5, 0.6) is 0 Å². The Morgan fingerprint density at radius 1 is 0.933 bits per heavy atom. The van der Waals surface area contributed by atoms with E-state index in [-0.39, 0.29) is 12.6 Å². The van der Waals surface area contributed by atoms with E-state index in [4.69, 9.17) is 28.0 Å². The number of ether oxygens (including phenoxy) is 5. The minimum atomic E-state index is -3.92. The molecular formula is C18H29O11P. The fraction of sp³-hybridized carbons (Fsp3) is 0.722. The van der Waals surface area contributed by atoms with Crippen LogP contribution in [0.4, 0.5) is 0 Å². The maximum absolute atomic E-state index is 13.2. The molecule has 0 radical (unpaired) electrons. The molecule has 0 aromatic rings.